The standard InChI is InChI=1S/C14H22N2OS/c1-13(2,3)10-8-18-12(16-10)7-14(15)6-9-4-5-11(14)17-9/h8-9,11H,4-7,15H2,1-3H3. The topological polar surface area (TPSA) is 48.1 Å². The Morgan fingerprint density at radius 3 is 2.78 bits per heavy atom. The number of nitrogens with two attached hydrogens (primary N) is 1. The number of ether oxygens (including phenoxy) is 1. The smallest absolute Gasteiger partial charge is 0.0947 e. The zero-order valence-corrected chi connectivity index (χ0v) is 12.2. The minimum absolute atomic E-state index is 0.127. The molecule has 1 aromatic rings. The Morgan fingerprint density at radius 2 is 2.28 bits per heavy atom. The molecule has 0 spiro atoms. The summed E-state index contributed by atoms with van der Waals surface area (Å²) in [4.78, 5) is 4.76. The van der Waals surface area contributed by atoms with Crippen molar-refractivity contribution in [3.8, 4) is 0 Å². The van der Waals surface area contributed by atoms with E-state index in [9.17, 15) is 0 Å². The number of fused-ring (bicyclic) bond motifs is 2. The lowest BCUT2D eigenvalue weighted by Crippen LogP contribution is -2.50. The average Bonchev–Trinajstić information content (AvgIpc) is 2.90. The van der Waals surface area contributed by atoms with Crippen LogP contribution in [-0.2, 0) is 16.6 Å². The first kappa shape index (κ1) is 12.6. The second kappa shape index (κ2) is 4.02. The monoisotopic (exact) mass is 266 g/mol. The molecule has 2 bridgehead atoms. The van der Waals surface area contributed by atoms with Gasteiger partial charge in [-0.15, -0.1) is 11.3 Å². The summed E-state index contributed by atoms with van der Waals surface area (Å²) < 4.78 is 5.89. The van der Waals surface area contributed by atoms with Crippen LogP contribution in [-0.4, -0.2) is 22.7 Å². The maximum Gasteiger partial charge on any atom is 0.0947 e. The Kier molecular flexibility index (Phi) is 2.81. The van der Waals surface area contributed by atoms with Gasteiger partial charge in [0.05, 0.1) is 28.4 Å². The highest BCUT2D eigenvalue weighted by atomic mass is 32.1. The Balaban J connectivity index is 1.75. The summed E-state index contributed by atoms with van der Waals surface area (Å²) in [7, 11) is 0. The third-order valence-corrected chi connectivity index (χ3v) is 5.01. The fourth-order valence-electron chi connectivity index (χ4n) is 3.04. The van der Waals surface area contributed by atoms with Crippen LogP contribution in [0.25, 0.3) is 0 Å². The number of thiazole rings is 1. The lowest BCUT2D eigenvalue weighted by molar-refractivity contribution is 0.0856. The van der Waals surface area contributed by atoms with E-state index in [4.69, 9.17) is 15.5 Å². The first-order chi connectivity index (χ1) is 8.37. The first-order valence-corrected chi connectivity index (χ1v) is 7.64. The second-order valence-corrected chi connectivity index (χ2v) is 7.76. The van der Waals surface area contributed by atoms with E-state index < -0.39 is 0 Å². The Hall–Kier alpha value is -0.450. The Morgan fingerprint density at radius 1 is 1.50 bits per heavy atom. The van der Waals surface area contributed by atoms with Gasteiger partial charge in [-0.1, -0.05) is 20.8 Å². The highest BCUT2D eigenvalue weighted by molar-refractivity contribution is 7.09. The summed E-state index contributed by atoms with van der Waals surface area (Å²) in [5, 5.41) is 3.34. The van der Waals surface area contributed by atoms with Gasteiger partial charge in [-0.25, -0.2) is 4.98 Å². The van der Waals surface area contributed by atoms with Gasteiger partial charge < -0.3 is 10.5 Å². The molecule has 2 N–H and O–H groups in total. The molecule has 0 aromatic carbocycles. The van der Waals surface area contributed by atoms with Gasteiger partial charge in [0.15, 0.2) is 0 Å². The zero-order chi connectivity index (χ0) is 13.0. The number of nitrogens with zero attached hydrogens (tertiary/aromatic N) is 1. The van der Waals surface area contributed by atoms with Crippen LogP contribution in [0.15, 0.2) is 5.38 Å². The third kappa shape index (κ3) is 2.10. The molecule has 2 aliphatic heterocycles. The molecule has 3 atom stereocenters. The van der Waals surface area contributed by atoms with Crippen molar-refractivity contribution >= 4 is 11.3 Å². The normalized spacial score (nSPS) is 35.3. The number of hydrogen-bond donors (Lipinski definition) is 1. The molecule has 3 nitrogen and oxygen atoms in total. The molecule has 0 amide bonds. The largest absolute Gasteiger partial charge is 0.373 e. The van der Waals surface area contributed by atoms with Gasteiger partial charge in [-0.2, -0.15) is 0 Å². The van der Waals surface area contributed by atoms with Crippen LogP contribution in [0, 0.1) is 0 Å². The molecule has 2 saturated heterocycles. The summed E-state index contributed by atoms with van der Waals surface area (Å²) >= 11 is 1.74. The first-order valence-electron chi connectivity index (χ1n) is 6.76. The number of hydrogen-bond acceptors (Lipinski definition) is 4. The molecule has 4 heteroatoms. The minimum atomic E-state index is -0.171. The van der Waals surface area contributed by atoms with Crippen molar-refractivity contribution in [2.75, 3.05) is 0 Å². The Bertz CT molecular complexity index is 451. The predicted molar refractivity (Wildman–Crippen MR) is 73.9 cm³/mol. The van der Waals surface area contributed by atoms with Crippen LogP contribution in [0.5, 0.6) is 0 Å². The molecule has 18 heavy (non-hydrogen) atoms. The average molecular weight is 266 g/mol. The van der Waals surface area contributed by atoms with Gasteiger partial charge in [0.1, 0.15) is 0 Å². The molecule has 3 unspecified atom stereocenters. The molecule has 100 valence electrons. The van der Waals surface area contributed by atoms with E-state index in [1.165, 1.54) is 17.1 Å². The molecule has 3 heterocycles. The number of aromatic nitrogens is 1. The molecular formula is C14H22N2OS. The van der Waals surface area contributed by atoms with E-state index in [-0.39, 0.29) is 17.1 Å². The van der Waals surface area contributed by atoms with E-state index in [1.54, 1.807) is 11.3 Å². The molecule has 2 fully saturated rings. The maximum absolute atomic E-state index is 6.54. The predicted octanol–water partition coefficient (Wildman–Crippen LogP) is 2.63. The van der Waals surface area contributed by atoms with E-state index in [2.05, 4.69) is 26.2 Å². The van der Waals surface area contributed by atoms with Crippen molar-refractivity contribution in [1.29, 1.82) is 0 Å². The van der Waals surface area contributed by atoms with Gasteiger partial charge in [-0.05, 0) is 19.3 Å². The fourth-order valence-corrected chi connectivity index (χ4v) is 4.20. The lowest BCUT2D eigenvalue weighted by atomic mass is 9.80. The second-order valence-electron chi connectivity index (χ2n) is 6.81. The Labute approximate surface area is 113 Å². The van der Waals surface area contributed by atoms with E-state index >= 15 is 0 Å². The van der Waals surface area contributed by atoms with Crippen molar-refractivity contribution < 1.29 is 4.74 Å². The van der Waals surface area contributed by atoms with Crippen LogP contribution in [0.1, 0.15) is 50.7 Å². The van der Waals surface area contributed by atoms with Crippen molar-refractivity contribution in [2.24, 2.45) is 5.73 Å². The van der Waals surface area contributed by atoms with Crippen molar-refractivity contribution in [2.45, 2.75) is 69.6 Å². The fraction of sp³-hybridized carbons (Fsp3) is 0.786. The van der Waals surface area contributed by atoms with Crippen LogP contribution < -0.4 is 5.73 Å². The van der Waals surface area contributed by atoms with Gasteiger partial charge in [0.2, 0.25) is 0 Å². The SMILES string of the molecule is CC(C)(C)c1csc(CC2(N)CC3CCC2O3)n1. The molecule has 0 radical (unpaired) electrons. The highest BCUT2D eigenvalue weighted by Gasteiger charge is 2.50. The quantitative estimate of drug-likeness (QED) is 0.895. The highest BCUT2D eigenvalue weighted by Crippen LogP contribution is 2.42. The number of rotatable bonds is 2. The van der Waals surface area contributed by atoms with Crippen LogP contribution in [0.2, 0.25) is 0 Å². The summed E-state index contributed by atoms with van der Waals surface area (Å²) in [6, 6.07) is 0. The molecule has 1 aromatic heterocycles. The third-order valence-electron chi connectivity index (χ3n) is 4.16. The van der Waals surface area contributed by atoms with E-state index in [0.717, 1.165) is 19.3 Å². The van der Waals surface area contributed by atoms with Gasteiger partial charge in [-0.3, -0.25) is 0 Å². The van der Waals surface area contributed by atoms with Crippen LogP contribution in [0.3, 0.4) is 0 Å². The molecular weight excluding hydrogens is 244 g/mol. The summed E-state index contributed by atoms with van der Waals surface area (Å²) in [6.45, 7) is 6.60. The van der Waals surface area contributed by atoms with Crippen LogP contribution in [0.4, 0.5) is 0 Å². The van der Waals surface area contributed by atoms with Crippen LogP contribution >= 0.6 is 11.3 Å². The molecule has 0 saturated carbocycles. The van der Waals surface area contributed by atoms with Gasteiger partial charge in [0, 0.05) is 17.2 Å². The molecule has 2 aliphatic rings. The van der Waals surface area contributed by atoms with Gasteiger partial charge in [0.25, 0.3) is 0 Å². The maximum atomic E-state index is 6.54. The zero-order valence-electron chi connectivity index (χ0n) is 11.4. The van der Waals surface area contributed by atoms with Crippen molar-refractivity contribution in [3.05, 3.63) is 16.1 Å². The minimum Gasteiger partial charge on any atom is -0.373 e. The van der Waals surface area contributed by atoms with Crippen molar-refractivity contribution in [3.63, 3.8) is 0 Å². The summed E-state index contributed by atoms with van der Waals surface area (Å²) in [5.41, 5.74) is 7.67. The van der Waals surface area contributed by atoms with Crippen molar-refractivity contribution in [1.82, 2.24) is 4.98 Å². The van der Waals surface area contributed by atoms with E-state index in [1.807, 2.05) is 0 Å². The summed E-state index contributed by atoms with van der Waals surface area (Å²) in [6.07, 6.45) is 4.84. The summed E-state index contributed by atoms with van der Waals surface area (Å²) in [5.74, 6) is 0. The molecule has 0 aliphatic carbocycles. The van der Waals surface area contributed by atoms with Gasteiger partial charge >= 0.3 is 0 Å². The molecule has 3 rings (SSSR count). The van der Waals surface area contributed by atoms with E-state index in [0.29, 0.717) is 6.10 Å². The lowest BCUT2D eigenvalue weighted by Gasteiger charge is -2.30.